The van der Waals surface area contributed by atoms with Gasteiger partial charge < -0.3 is 9.88 Å². The van der Waals surface area contributed by atoms with Crippen molar-refractivity contribution in [1.82, 2.24) is 14.9 Å². The Kier molecular flexibility index (Phi) is 5.53. The van der Waals surface area contributed by atoms with E-state index in [4.69, 9.17) is 0 Å². The third-order valence-corrected chi connectivity index (χ3v) is 3.04. The normalized spacial score (nSPS) is 13.3. The number of hydrogen-bond donors (Lipinski definition) is 1. The first-order valence-corrected chi connectivity index (χ1v) is 6.27. The van der Waals surface area contributed by atoms with E-state index in [2.05, 4.69) is 42.8 Å². The molecule has 1 aromatic rings. The van der Waals surface area contributed by atoms with Gasteiger partial charge in [-0.25, -0.2) is 4.98 Å². The highest BCUT2D eigenvalue weighted by atomic mass is 15.0. The van der Waals surface area contributed by atoms with Crippen molar-refractivity contribution in [2.75, 3.05) is 7.05 Å². The summed E-state index contributed by atoms with van der Waals surface area (Å²) in [5.74, 6) is 1.96. The highest BCUT2D eigenvalue weighted by Gasteiger charge is 2.08. The van der Waals surface area contributed by atoms with Crippen molar-refractivity contribution < 1.29 is 0 Å². The standard InChI is InChI=1S/C13H25N3/c1-11(2)10-12(14-3)6-5-7-13-15-8-9-16(13)4/h8-9,11-12,14H,5-7,10H2,1-4H3. The number of imidazole rings is 1. The van der Waals surface area contributed by atoms with E-state index >= 15 is 0 Å². The Balaban J connectivity index is 2.26. The Morgan fingerprint density at radius 2 is 2.19 bits per heavy atom. The van der Waals surface area contributed by atoms with Crippen LogP contribution < -0.4 is 5.32 Å². The lowest BCUT2D eigenvalue weighted by molar-refractivity contribution is 0.411. The Bertz CT molecular complexity index is 291. The van der Waals surface area contributed by atoms with E-state index in [1.165, 1.54) is 25.1 Å². The zero-order valence-electron chi connectivity index (χ0n) is 11.0. The van der Waals surface area contributed by atoms with Gasteiger partial charge in [-0.3, -0.25) is 0 Å². The van der Waals surface area contributed by atoms with Crippen molar-refractivity contribution in [1.29, 1.82) is 0 Å². The quantitative estimate of drug-likeness (QED) is 0.769. The van der Waals surface area contributed by atoms with Crippen LogP contribution in [0.15, 0.2) is 12.4 Å². The van der Waals surface area contributed by atoms with Crippen LogP contribution in [0.3, 0.4) is 0 Å². The Morgan fingerprint density at radius 3 is 2.69 bits per heavy atom. The molecule has 1 rings (SSSR count). The zero-order chi connectivity index (χ0) is 12.0. The largest absolute Gasteiger partial charge is 0.338 e. The second-order valence-electron chi connectivity index (χ2n) is 4.96. The molecule has 1 N–H and O–H groups in total. The van der Waals surface area contributed by atoms with Crippen LogP contribution in [-0.2, 0) is 13.5 Å². The molecule has 1 heterocycles. The van der Waals surface area contributed by atoms with Gasteiger partial charge in [0.15, 0.2) is 0 Å². The van der Waals surface area contributed by atoms with Gasteiger partial charge in [0.25, 0.3) is 0 Å². The Morgan fingerprint density at radius 1 is 1.44 bits per heavy atom. The maximum atomic E-state index is 4.34. The van der Waals surface area contributed by atoms with Crippen LogP contribution in [0, 0.1) is 5.92 Å². The molecule has 1 aromatic heterocycles. The minimum atomic E-state index is 0.653. The average Bonchev–Trinajstić information content (AvgIpc) is 2.62. The number of hydrogen-bond acceptors (Lipinski definition) is 2. The van der Waals surface area contributed by atoms with Crippen LogP contribution in [0.5, 0.6) is 0 Å². The summed E-state index contributed by atoms with van der Waals surface area (Å²) >= 11 is 0. The predicted molar refractivity (Wildman–Crippen MR) is 68.4 cm³/mol. The molecule has 3 heteroatoms. The molecule has 0 fully saturated rings. The lowest BCUT2D eigenvalue weighted by Gasteiger charge is -2.18. The lowest BCUT2D eigenvalue weighted by atomic mass is 9.99. The number of rotatable bonds is 7. The number of aromatic nitrogens is 2. The van der Waals surface area contributed by atoms with Crippen molar-refractivity contribution in [2.24, 2.45) is 13.0 Å². The Hall–Kier alpha value is -0.830. The van der Waals surface area contributed by atoms with Gasteiger partial charge in [0, 0.05) is 31.9 Å². The van der Waals surface area contributed by atoms with E-state index < -0.39 is 0 Å². The van der Waals surface area contributed by atoms with Crippen molar-refractivity contribution in [2.45, 2.75) is 45.6 Å². The average molecular weight is 223 g/mol. The maximum absolute atomic E-state index is 4.34. The number of aryl methyl sites for hydroxylation is 2. The molecular weight excluding hydrogens is 198 g/mol. The Labute approximate surface area is 99.3 Å². The van der Waals surface area contributed by atoms with Crippen LogP contribution in [0.2, 0.25) is 0 Å². The molecule has 0 aromatic carbocycles. The molecule has 0 aliphatic heterocycles. The van der Waals surface area contributed by atoms with Crippen LogP contribution >= 0.6 is 0 Å². The van der Waals surface area contributed by atoms with E-state index in [9.17, 15) is 0 Å². The van der Waals surface area contributed by atoms with Gasteiger partial charge in [-0.1, -0.05) is 13.8 Å². The lowest BCUT2D eigenvalue weighted by Crippen LogP contribution is -2.26. The summed E-state index contributed by atoms with van der Waals surface area (Å²) < 4.78 is 2.11. The molecule has 0 saturated carbocycles. The van der Waals surface area contributed by atoms with Crippen LogP contribution in [-0.4, -0.2) is 22.6 Å². The molecule has 92 valence electrons. The molecule has 0 aliphatic rings. The molecule has 0 bridgehead atoms. The molecule has 0 saturated heterocycles. The first-order chi connectivity index (χ1) is 7.63. The summed E-state index contributed by atoms with van der Waals surface area (Å²) in [6, 6.07) is 0.653. The molecule has 16 heavy (non-hydrogen) atoms. The highest BCUT2D eigenvalue weighted by molar-refractivity contribution is 4.91. The van der Waals surface area contributed by atoms with Crippen molar-refractivity contribution >= 4 is 0 Å². The number of nitrogens with zero attached hydrogens (tertiary/aromatic N) is 2. The highest BCUT2D eigenvalue weighted by Crippen LogP contribution is 2.11. The molecule has 0 aliphatic carbocycles. The molecule has 3 nitrogen and oxygen atoms in total. The molecule has 0 amide bonds. The third kappa shape index (κ3) is 4.35. The fraction of sp³-hybridized carbons (Fsp3) is 0.769. The second kappa shape index (κ2) is 6.69. The maximum Gasteiger partial charge on any atom is 0.108 e. The van der Waals surface area contributed by atoms with E-state index in [0.717, 1.165) is 12.3 Å². The zero-order valence-corrected chi connectivity index (χ0v) is 11.0. The van der Waals surface area contributed by atoms with E-state index in [0.29, 0.717) is 6.04 Å². The summed E-state index contributed by atoms with van der Waals surface area (Å²) in [7, 11) is 4.12. The van der Waals surface area contributed by atoms with Crippen molar-refractivity contribution in [3.63, 3.8) is 0 Å². The van der Waals surface area contributed by atoms with Crippen molar-refractivity contribution in [3.8, 4) is 0 Å². The smallest absolute Gasteiger partial charge is 0.108 e. The summed E-state index contributed by atoms with van der Waals surface area (Å²) in [5, 5.41) is 3.40. The van der Waals surface area contributed by atoms with Crippen LogP contribution in [0.1, 0.15) is 38.9 Å². The second-order valence-corrected chi connectivity index (χ2v) is 4.96. The topological polar surface area (TPSA) is 29.9 Å². The first-order valence-electron chi connectivity index (χ1n) is 6.27. The fourth-order valence-corrected chi connectivity index (χ4v) is 2.09. The van der Waals surface area contributed by atoms with Crippen LogP contribution in [0.4, 0.5) is 0 Å². The van der Waals surface area contributed by atoms with Gasteiger partial charge >= 0.3 is 0 Å². The fourth-order valence-electron chi connectivity index (χ4n) is 2.09. The summed E-state index contributed by atoms with van der Waals surface area (Å²) in [5.41, 5.74) is 0. The first kappa shape index (κ1) is 13.2. The van der Waals surface area contributed by atoms with Gasteiger partial charge in [-0.15, -0.1) is 0 Å². The minimum absolute atomic E-state index is 0.653. The predicted octanol–water partition coefficient (Wildman–Crippen LogP) is 2.38. The molecule has 0 radical (unpaired) electrons. The van der Waals surface area contributed by atoms with Gasteiger partial charge in [0.2, 0.25) is 0 Å². The van der Waals surface area contributed by atoms with Crippen LogP contribution in [0.25, 0.3) is 0 Å². The third-order valence-electron chi connectivity index (χ3n) is 3.04. The summed E-state index contributed by atoms with van der Waals surface area (Å²) in [6.07, 6.45) is 8.68. The van der Waals surface area contributed by atoms with Gasteiger partial charge in [0.05, 0.1) is 0 Å². The molecule has 1 unspecified atom stereocenters. The van der Waals surface area contributed by atoms with E-state index in [-0.39, 0.29) is 0 Å². The summed E-state index contributed by atoms with van der Waals surface area (Å²) in [4.78, 5) is 4.34. The van der Waals surface area contributed by atoms with E-state index in [1.807, 2.05) is 12.4 Å². The molecule has 1 atom stereocenters. The molecular formula is C13H25N3. The van der Waals surface area contributed by atoms with Gasteiger partial charge in [-0.2, -0.15) is 0 Å². The monoisotopic (exact) mass is 223 g/mol. The molecule has 0 spiro atoms. The van der Waals surface area contributed by atoms with E-state index in [1.54, 1.807) is 0 Å². The SMILES string of the molecule is CNC(CCCc1nccn1C)CC(C)C. The minimum Gasteiger partial charge on any atom is -0.338 e. The summed E-state index contributed by atoms with van der Waals surface area (Å²) in [6.45, 7) is 4.56. The van der Waals surface area contributed by atoms with Gasteiger partial charge in [-0.05, 0) is 32.2 Å². The number of nitrogens with one attached hydrogen (secondary N) is 1. The van der Waals surface area contributed by atoms with Gasteiger partial charge in [0.1, 0.15) is 5.82 Å². The van der Waals surface area contributed by atoms with Crippen molar-refractivity contribution in [3.05, 3.63) is 18.2 Å².